The molecule has 0 aliphatic carbocycles. The summed E-state index contributed by atoms with van der Waals surface area (Å²) in [5.74, 6) is 0. The molecule has 4 unspecified atom stereocenters. The first-order valence-electron chi connectivity index (χ1n) is 7.84. The van der Waals surface area contributed by atoms with Crippen molar-refractivity contribution in [3.8, 4) is 0 Å². The molecule has 132 valence electrons. The largest absolute Gasteiger partial charge is 0.394 e. The van der Waals surface area contributed by atoms with Gasteiger partial charge in [0.15, 0.2) is 0 Å². The van der Waals surface area contributed by atoms with E-state index in [-0.39, 0.29) is 6.61 Å². The van der Waals surface area contributed by atoms with Crippen molar-refractivity contribution >= 4 is 0 Å². The molecule has 0 radical (unpaired) electrons. The summed E-state index contributed by atoms with van der Waals surface area (Å²) in [6.07, 6.45) is -3.56. The summed E-state index contributed by atoms with van der Waals surface area (Å²) >= 11 is 0. The molecule has 6 atom stereocenters. The molecule has 0 aromatic heterocycles. The van der Waals surface area contributed by atoms with Crippen molar-refractivity contribution in [2.45, 2.75) is 76.2 Å². The third kappa shape index (κ3) is 4.86. The molecule has 6 N–H and O–H groups in total. The smallest absolute Gasteiger partial charge is 0.111 e. The zero-order valence-electron chi connectivity index (χ0n) is 13.3. The molecule has 1 fully saturated rings. The summed E-state index contributed by atoms with van der Waals surface area (Å²) in [6, 6.07) is 0. The lowest BCUT2D eigenvalue weighted by Crippen LogP contribution is -2.62. The first kappa shape index (κ1) is 19.8. The molecule has 0 amide bonds. The van der Waals surface area contributed by atoms with E-state index in [9.17, 15) is 25.5 Å². The Bertz CT molecular complexity index is 321. The maximum absolute atomic E-state index is 10.1. The third-order valence-electron chi connectivity index (χ3n) is 4.48. The van der Waals surface area contributed by atoms with Crippen LogP contribution < -0.4 is 0 Å². The van der Waals surface area contributed by atoms with Crippen molar-refractivity contribution in [2.24, 2.45) is 5.41 Å². The lowest BCUT2D eigenvalue weighted by molar-refractivity contribution is -0.253. The second-order valence-corrected chi connectivity index (χ2v) is 6.82. The maximum Gasteiger partial charge on any atom is 0.111 e. The zero-order valence-corrected chi connectivity index (χ0v) is 13.3. The predicted molar refractivity (Wildman–Crippen MR) is 79.1 cm³/mol. The molecule has 1 aliphatic rings. The van der Waals surface area contributed by atoms with Crippen LogP contribution in [0.15, 0.2) is 0 Å². The van der Waals surface area contributed by atoms with E-state index in [1.807, 2.05) is 13.8 Å². The molecule has 1 rings (SSSR count). The Labute approximate surface area is 131 Å². The van der Waals surface area contributed by atoms with E-state index in [1.54, 1.807) is 0 Å². The Balaban J connectivity index is 2.58. The Kier molecular flexibility index (Phi) is 7.67. The predicted octanol–water partition coefficient (Wildman–Crippen LogP) is -1.23. The van der Waals surface area contributed by atoms with E-state index in [1.165, 1.54) is 0 Å². The molecule has 7 nitrogen and oxygen atoms in total. The van der Waals surface area contributed by atoms with Crippen LogP contribution in [-0.4, -0.2) is 80.5 Å². The second-order valence-electron chi connectivity index (χ2n) is 6.82. The number of rotatable bonds is 8. The van der Waals surface area contributed by atoms with Gasteiger partial charge in [-0.25, -0.2) is 0 Å². The van der Waals surface area contributed by atoms with Crippen LogP contribution in [-0.2, 0) is 4.74 Å². The number of aliphatic hydroxyl groups excluding tert-OH is 6. The summed E-state index contributed by atoms with van der Waals surface area (Å²) in [5, 5.41) is 57.1. The second kappa shape index (κ2) is 8.54. The van der Waals surface area contributed by atoms with Crippen LogP contribution in [0.1, 0.15) is 39.5 Å². The van der Waals surface area contributed by atoms with E-state index in [0.717, 1.165) is 12.8 Å². The van der Waals surface area contributed by atoms with Crippen molar-refractivity contribution < 1.29 is 35.4 Å². The zero-order chi connectivity index (χ0) is 16.9. The summed E-state index contributed by atoms with van der Waals surface area (Å²) in [6.45, 7) is 3.10. The van der Waals surface area contributed by atoms with Gasteiger partial charge in [0.2, 0.25) is 0 Å². The third-order valence-corrected chi connectivity index (χ3v) is 4.48. The van der Waals surface area contributed by atoms with Crippen molar-refractivity contribution in [3.63, 3.8) is 0 Å². The molecule has 0 aromatic rings. The van der Waals surface area contributed by atoms with Gasteiger partial charge in [0, 0.05) is 0 Å². The van der Waals surface area contributed by atoms with Gasteiger partial charge in [-0.2, -0.15) is 0 Å². The Morgan fingerprint density at radius 1 is 1.00 bits per heavy atom. The van der Waals surface area contributed by atoms with Crippen LogP contribution in [0.4, 0.5) is 0 Å². The van der Waals surface area contributed by atoms with Gasteiger partial charge in [-0.3, -0.25) is 0 Å². The highest BCUT2D eigenvalue weighted by Crippen LogP contribution is 2.37. The number of unbranched alkanes of at least 4 members (excludes halogenated alkanes) is 1. The normalized spacial score (nSPS) is 34.6. The SMILES string of the molecule is CC(C)(CCCCC(O)CO)[C@@H]1OC(CO)[C@@H](O)C(O)C1O. The Hall–Kier alpha value is -0.280. The number of hydrogen-bond acceptors (Lipinski definition) is 7. The van der Waals surface area contributed by atoms with Crippen molar-refractivity contribution in [1.82, 2.24) is 0 Å². The van der Waals surface area contributed by atoms with Crippen LogP contribution in [0, 0.1) is 5.41 Å². The van der Waals surface area contributed by atoms with E-state index < -0.39 is 48.6 Å². The molecule has 1 aliphatic heterocycles. The highest BCUT2D eigenvalue weighted by Gasteiger charge is 2.48. The summed E-state index contributed by atoms with van der Waals surface area (Å²) in [7, 11) is 0. The topological polar surface area (TPSA) is 131 Å². The average Bonchev–Trinajstić information content (AvgIpc) is 2.49. The van der Waals surface area contributed by atoms with E-state index >= 15 is 0 Å². The monoisotopic (exact) mass is 322 g/mol. The van der Waals surface area contributed by atoms with Gasteiger partial charge >= 0.3 is 0 Å². The molecule has 1 heterocycles. The highest BCUT2D eigenvalue weighted by atomic mass is 16.5. The minimum absolute atomic E-state index is 0.254. The number of hydrogen-bond donors (Lipinski definition) is 6. The molecule has 0 aromatic carbocycles. The number of aliphatic hydroxyl groups is 6. The fraction of sp³-hybridized carbons (Fsp3) is 1.00. The quantitative estimate of drug-likeness (QED) is 0.308. The van der Waals surface area contributed by atoms with Crippen LogP contribution in [0.3, 0.4) is 0 Å². The van der Waals surface area contributed by atoms with Crippen LogP contribution >= 0.6 is 0 Å². The van der Waals surface area contributed by atoms with E-state index in [0.29, 0.717) is 12.8 Å². The van der Waals surface area contributed by atoms with Crippen molar-refractivity contribution in [3.05, 3.63) is 0 Å². The fourth-order valence-electron chi connectivity index (χ4n) is 2.94. The summed E-state index contributed by atoms with van der Waals surface area (Å²) in [5.41, 5.74) is -0.474. The van der Waals surface area contributed by atoms with Gasteiger partial charge < -0.3 is 35.4 Å². The van der Waals surface area contributed by atoms with Crippen molar-refractivity contribution in [1.29, 1.82) is 0 Å². The first-order valence-corrected chi connectivity index (χ1v) is 7.84. The van der Waals surface area contributed by atoms with Gasteiger partial charge in [-0.15, -0.1) is 0 Å². The van der Waals surface area contributed by atoms with Gasteiger partial charge in [-0.05, 0) is 18.3 Å². The first-order chi connectivity index (χ1) is 10.2. The van der Waals surface area contributed by atoms with Gasteiger partial charge in [0.1, 0.15) is 24.4 Å². The molecule has 7 heteroatoms. The van der Waals surface area contributed by atoms with Crippen LogP contribution in [0.5, 0.6) is 0 Å². The molecule has 1 saturated heterocycles. The molecular formula is C15H30O7. The fourth-order valence-corrected chi connectivity index (χ4v) is 2.94. The molecular weight excluding hydrogens is 292 g/mol. The highest BCUT2D eigenvalue weighted by molar-refractivity contribution is 4.97. The minimum Gasteiger partial charge on any atom is -0.394 e. The van der Waals surface area contributed by atoms with Crippen LogP contribution in [0.25, 0.3) is 0 Å². The molecule has 0 spiro atoms. The standard InChI is InChI=1S/C15H30O7/c1-15(2,6-4-3-5-9(18)7-16)14-13(21)12(20)11(19)10(8-17)22-14/h9-14,16-21H,3-8H2,1-2H3/t9?,10?,11-,12?,13?,14-/m1/s1. The van der Waals surface area contributed by atoms with E-state index in [4.69, 9.17) is 9.84 Å². The number of ether oxygens (including phenoxy) is 1. The molecule has 22 heavy (non-hydrogen) atoms. The van der Waals surface area contributed by atoms with E-state index in [2.05, 4.69) is 0 Å². The van der Waals surface area contributed by atoms with Crippen LogP contribution in [0.2, 0.25) is 0 Å². The van der Waals surface area contributed by atoms with Crippen molar-refractivity contribution in [2.75, 3.05) is 13.2 Å². The molecule has 0 saturated carbocycles. The summed E-state index contributed by atoms with van der Waals surface area (Å²) in [4.78, 5) is 0. The van der Waals surface area contributed by atoms with Gasteiger partial charge in [-0.1, -0.05) is 26.7 Å². The minimum atomic E-state index is -1.36. The Morgan fingerprint density at radius 3 is 2.18 bits per heavy atom. The molecule has 0 bridgehead atoms. The lowest BCUT2D eigenvalue weighted by Gasteiger charge is -2.46. The lowest BCUT2D eigenvalue weighted by atomic mass is 9.75. The summed E-state index contributed by atoms with van der Waals surface area (Å²) < 4.78 is 5.60. The van der Waals surface area contributed by atoms with Gasteiger partial charge in [0.05, 0.1) is 25.4 Å². The average molecular weight is 322 g/mol. The van der Waals surface area contributed by atoms with Gasteiger partial charge in [0.25, 0.3) is 0 Å². The Morgan fingerprint density at radius 2 is 1.64 bits per heavy atom. The maximum atomic E-state index is 10.1.